The number of methoxy groups -OCH3 is 1. The lowest BCUT2D eigenvalue weighted by molar-refractivity contribution is -0.132. The second-order valence-corrected chi connectivity index (χ2v) is 10.2. The summed E-state index contributed by atoms with van der Waals surface area (Å²) >= 11 is 12.5. The molecule has 0 bridgehead atoms. The highest BCUT2D eigenvalue weighted by Crippen LogP contribution is 2.45. The summed E-state index contributed by atoms with van der Waals surface area (Å²) in [6.07, 6.45) is 0. The Morgan fingerprint density at radius 2 is 1.60 bits per heavy atom. The van der Waals surface area contributed by atoms with Gasteiger partial charge in [-0.1, -0.05) is 86.4 Å². The first kappa shape index (κ1) is 24.8. The fraction of sp³-hybridized carbons (Fsp3) is 0.214. The minimum Gasteiger partial charge on any atom is -0.507 e. The van der Waals surface area contributed by atoms with Crippen LogP contribution in [-0.4, -0.2) is 23.9 Å². The standard InChI is InChI=1S/C28H25Cl2NO4/c1-28(2,3)17-10-12-19(13-11-17)31-23(16-8-6-5-7-9-16)22(25(33)27(31)34)24(32)20-14-18(29)15-21(30)26(20)35-4/h5-15,23,32H,1-4H3/b24-22+. The van der Waals surface area contributed by atoms with Gasteiger partial charge in [-0.3, -0.25) is 14.5 Å². The van der Waals surface area contributed by atoms with E-state index in [1.54, 1.807) is 0 Å². The zero-order chi connectivity index (χ0) is 25.5. The molecule has 0 spiro atoms. The Morgan fingerprint density at radius 1 is 0.971 bits per heavy atom. The van der Waals surface area contributed by atoms with E-state index in [4.69, 9.17) is 27.9 Å². The monoisotopic (exact) mass is 509 g/mol. The number of hydrogen-bond acceptors (Lipinski definition) is 4. The molecule has 35 heavy (non-hydrogen) atoms. The Hall–Kier alpha value is -3.28. The van der Waals surface area contributed by atoms with Crippen LogP contribution in [0.1, 0.15) is 43.5 Å². The first-order chi connectivity index (χ1) is 16.5. The van der Waals surface area contributed by atoms with E-state index in [0.717, 1.165) is 5.56 Å². The molecule has 1 atom stereocenters. The molecule has 1 saturated heterocycles. The van der Waals surface area contributed by atoms with Gasteiger partial charge in [0.15, 0.2) is 0 Å². The van der Waals surface area contributed by atoms with Crippen molar-refractivity contribution in [3.05, 3.63) is 99.0 Å². The summed E-state index contributed by atoms with van der Waals surface area (Å²) in [5.74, 6) is -1.81. The third-order valence-corrected chi connectivity index (χ3v) is 6.54. The minimum atomic E-state index is -0.862. The molecule has 0 saturated carbocycles. The first-order valence-corrected chi connectivity index (χ1v) is 11.8. The van der Waals surface area contributed by atoms with E-state index in [-0.39, 0.29) is 32.3 Å². The summed E-state index contributed by atoms with van der Waals surface area (Å²) < 4.78 is 5.38. The molecule has 1 aliphatic heterocycles. The molecule has 1 fully saturated rings. The van der Waals surface area contributed by atoms with Gasteiger partial charge in [-0.2, -0.15) is 0 Å². The average Bonchev–Trinajstić information content (AvgIpc) is 3.08. The van der Waals surface area contributed by atoms with Crippen molar-refractivity contribution in [2.75, 3.05) is 12.0 Å². The van der Waals surface area contributed by atoms with E-state index in [1.807, 2.05) is 54.6 Å². The number of ketones is 1. The summed E-state index contributed by atoms with van der Waals surface area (Å²) in [5, 5.41) is 11.8. The van der Waals surface area contributed by atoms with E-state index in [1.165, 1.54) is 24.1 Å². The number of amides is 1. The fourth-order valence-electron chi connectivity index (χ4n) is 4.26. The van der Waals surface area contributed by atoms with Gasteiger partial charge in [-0.15, -0.1) is 0 Å². The van der Waals surface area contributed by atoms with Crippen LogP contribution in [0.4, 0.5) is 5.69 Å². The number of aliphatic hydroxyl groups excluding tert-OH is 1. The highest BCUT2D eigenvalue weighted by atomic mass is 35.5. The number of Topliss-reactive ketones (excluding diaryl/α,β-unsaturated/α-hetero) is 1. The Kier molecular flexibility index (Phi) is 6.67. The average molecular weight is 510 g/mol. The van der Waals surface area contributed by atoms with E-state index in [9.17, 15) is 14.7 Å². The molecule has 4 rings (SSSR count). The van der Waals surface area contributed by atoms with Gasteiger partial charge in [0.1, 0.15) is 11.5 Å². The van der Waals surface area contributed by atoms with Crippen LogP contribution in [0.15, 0.2) is 72.3 Å². The number of nitrogens with zero attached hydrogens (tertiary/aromatic N) is 1. The van der Waals surface area contributed by atoms with Crippen LogP contribution in [0.2, 0.25) is 10.0 Å². The maximum atomic E-state index is 13.4. The summed E-state index contributed by atoms with van der Waals surface area (Å²) in [4.78, 5) is 28.1. The van der Waals surface area contributed by atoms with Gasteiger partial charge in [0.05, 0.1) is 29.3 Å². The Balaban J connectivity index is 1.95. The lowest BCUT2D eigenvalue weighted by atomic mass is 9.87. The summed E-state index contributed by atoms with van der Waals surface area (Å²) in [6, 6.07) is 18.7. The van der Waals surface area contributed by atoms with E-state index in [0.29, 0.717) is 11.3 Å². The largest absolute Gasteiger partial charge is 0.507 e. The lowest BCUT2D eigenvalue weighted by Gasteiger charge is -2.27. The molecule has 3 aromatic carbocycles. The third-order valence-electron chi connectivity index (χ3n) is 6.04. The number of hydrogen-bond donors (Lipinski definition) is 1. The molecule has 0 aliphatic carbocycles. The van der Waals surface area contributed by atoms with Gasteiger partial charge in [-0.05, 0) is 40.8 Å². The van der Waals surface area contributed by atoms with Crippen molar-refractivity contribution >= 4 is 46.3 Å². The Bertz CT molecular complexity index is 1330. The number of rotatable bonds is 4. The Labute approximate surface area is 214 Å². The van der Waals surface area contributed by atoms with Crippen molar-refractivity contribution in [3.63, 3.8) is 0 Å². The topological polar surface area (TPSA) is 66.8 Å². The number of halogens is 2. The predicted molar refractivity (Wildman–Crippen MR) is 139 cm³/mol. The SMILES string of the molecule is COc1c(Cl)cc(Cl)cc1/C(O)=C1\C(=O)C(=O)N(c2ccc(C(C)(C)C)cc2)C1c1ccccc1. The van der Waals surface area contributed by atoms with E-state index < -0.39 is 23.5 Å². The molecule has 180 valence electrons. The Morgan fingerprint density at radius 3 is 2.17 bits per heavy atom. The van der Waals surface area contributed by atoms with Gasteiger partial charge in [0.25, 0.3) is 11.7 Å². The van der Waals surface area contributed by atoms with Crippen LogP contribution in [-0.2, 0) is 15.0 Å². The molecule has 1 N–H and O–H groups in total. The maximum Gasteiger partial charge on any atom is 0.300 e. The molecule has 1 heterocycles. The molecule has 5 nitrogen and oxygen atoms in total. The van der Waals surface area contributed by atoms with Crippen LogP contribution in [0.5, 0.6) is 5.75 Å². The van der Waals surface area contributed by atoms with Crippen molar-refractivity contribution in [1.82, 2.24) is 0 Å². The lowest BCUT2D eigenvalue weighted by Crippen LogP contribution is -2.29. The maximum absolute atomic E-state index is 13.4. The zero-order valence-corrected chi connectivity index (χ0v) is 21.3. The molecule has 1 unspecified atom stereocenters. The first-order valence-electron chi connectivity index (χ1n) is 11.0. The number of carbonyl (C=O) groups excluding carboxylic acids is 2. The number of ether oxygens (including phenoxy) is 1. The van der Waals surface area contributed by atoms with Crippen molar-refractivity contribution in [2.24, 2.45) is 0 Å². The zero-order valence-electron chi connectivity index (χ0n) is 19.8. The number of anilines is 1. The third kappa shape index (κ3) is 4.54. The van der Waals surface area contributed by atoms with Crippen LogP contribution in [0, 0.1) is 0 Å². The highest BCUT2D eigenvalue weighted by molar-refractivity contribution is 6.51. The molecule has 0 aromatic heterocycles. The van der Waals surface area contributed by atoms with Crippen molar-refractivity contribution in [3.8, 4) is 5.75 Å². The molecule has 1 amide bonds. The van der Waals surface area contributed by atoms with Crippen molar-refractivity contribution < 1.29 is 19.4 Å². The van der Waals surface area contributed by atoms with Crippen LogP contribution >= 0.6 is 23.2 Å². The molecular formula is C28H25Cl2NO4. The molecule has 0 radical (unpaired) electrons. The van der Waals surface area contributed by atoms with Gasteiger partial charge in [0.2, 0.25) is 0 Å². The second-order valence-electron chi connectivity index (χ2n) is 9.35. The normalized spacial score (nSPS) is 17.7. The number of aliphatic hydroxyl groups is 1. The molecule has 3 aromatic rings. The van der Waals surface area contributed by atoms with Gasteiger partial charge >= 0.3 is 0 Å². The number of benzene rings is 3. The number of carbonyl (C=O) groups is 2. The van der Waals surface area contributed by atoms with Gasteiger partial charge in [0, 0.05) is 10.7 Å². The van der Waals surface area contributed by atoms with Crippen LogP contribution in [0.3, 0.4) is 0 Å². The second kappa shape index (κ2) is 9.40. The summed E-state index contributed by atoms with van der Waals surface area (Å²) in [6.45, 7) is 6.30. The van der Waals surface area contributed by atoms with Crippen molar-refractivity contribution in [2.45, 2.75) is 32.2 Å². The summed E-state index contributed by atoms with van der Waals surface area (Å²) in [5.41, 5.74) is 2.29. The van der Waals surface area contributed by atoms with E-state index in [2.05, 4.69) is 20.8 Å². The smallest absolute Gasteiger partial charge is 0.300 e. The van der Waals surface area contributed by atoms with Gasteiger partial charge in [-0.25, -0.2) is 0 Å². The van der Waals surface area contributed by atoms with Gasteiger partial charge < -0.3 is 9.84 Å². The summed E-state index contributed by atoms with van der Waals surface area (Å²) in [7, 11) is 1.40. The fourth-order valence-corrected chi connectivity index (χ4v) is 4.83. The highest BCUT2D eigenvalue weighted by Gasteiger charge is 2.47. The van der Waals surface area contributed by atoms with Crippen LogP contribution < -0.4 is 9.64 Å². The van der Waals surface area contributed by atoms with Crippen molar-refractivity contribution in [1.29, 1.82) is 0 Å². The molecule has 7 heteroatoms. The molecular weight excluding hydrogens is 485 g/mol. The quantitative estimate of drug-likeness (QED) is 0.235. The van der Waals surface area contributed by atoms with Crippen LogP contribution in [0.25, 0.3) is 5.76 Å². The molecule has 1 aliphatic rings. The van der Waals surface area contributed by atoms with E-state index >= 15 is 0 Å². The minimum absolute atomic E-state index is 0.0715. The predicted octanol–water partition coefficient (Wildman–Crippen LogP) is 6.93.